The van der Waals surface area contributed by atoms with Crippen LogP contribution in [0.5, 0.6) is 0 Å². The van der Waals surface area contributed by atoms with E-state index in [1.165, 1.54) is 0 Å². The molecule has 0 saturated heterocycles. The molecule has 0 bridgehead atoms. The van der Waals surface area contributed by atoms with Gasteiger partial charge in [0.25, 0.3) is 0 Å². The Kier molecular flexibility index (Phi) is 2.60. The molecule has 1 saturated carbocycles. The third kappa shape index (κ3) is 2.15. The quantitative estimate of drug-likeness (QED) is 0.784. The summed E-state index contributed by atoms with van der Waals surface area (Å²) in [7, 11) is 0. The summed E-state index contributed by atoms with van der Waals surface area (Å²) in [5.41, 5.74) is 0.295. The molecule has 1 atom stereocenters. The van der Waals surface area contributed by atoms with Crippen LogP contribution in [0.15, 0.2) is 4.52 Å². The maximum atomic E-state index is 11.5. The summed E-state index contributed by atoms with van der Waals surface area (Å²) in [6, 6.07) is 0. The fourth-order valence-corrected chi connectivity index (χ4v) is 1.74. The second-order valence-electron chi connectivity index (χ2n) is 5.59. The highest BCUT2D eigenvalue weighted by atomic mass is 16.5. The van der Waals surface area contributed by atoms with Crippen LogP contribution in [0.25, 0.3) is 0 Å². The molecule has 16 heavy (non-hydrogen) atoms. The number of Topliss-reactive ketones (excluding diaryl/α,β-unsaturated/α-hetero) is 1. The van der Waals surface area contributed by atoms with Gasteiger partial charge in [-0.1, -0.05) is 32.9 Å². The number of carbonyl (C=O) groups is 1. The molecule has 0 aliphatic heterocycles. The van der Waals surface area contributed by atoms with Crippen molar-refractivity contribution in [3.05, 3.63) is 11.7 Å². The monoisotopic (exact) mass is 222 g/mol. The normalized spacial score (nSPS) is 22.4. The highest BCUT2D eigenvalue weighted by Crippen LogP contribution is 2.57. The average Bonchev–Trinajstić information content (AvgIpc) is 2.60. The zero-order valence-electron chi connectivity index (χ0n) is 10.3. The number of carbonyl (C=O) groups excluding carboxylic acids is 1. The molecule has 4 heteroatoms. The van der Waals surface area contributed by atoms with E-state index in [2.05, 4.69) is 24.0 Å². The molecule has 0 spiro atoms. The molecule has 0 N–H and O–H groups in total. The molecule has 0 amide bonds. The van der Waals surface area contributed by atoms with Gasteiger partial charge in [-0.3, -0.25) is 4.79 Å². The Hall–Kier alpha value is -1.19. The fourth-order valence-electron chi connectivity index (χ4n) is 1.74. The van der Waals surface area contributed by atoms with E-state index in [0.717, 1.165) is 12.2 Å². The standard InChI is InChI=1S/C12H18N2O2/c1-7(2)9(15)5-10-13-11(14-16-10)8-6-12(8,3)4/h7-8H,5-6H2,1-4H3. The Balaban J connectivity index is 2.01. The smallest absolute Gasteiger partial charge is 0.234 e. The van der Waals surface area contributed by atoms with Gasteiger partial charge in [0.05, 0.1) is 6.42 Å². The third-order valence-electron chi connectivity index (χ3n) is 3.28. The highest BCUT2D eigenvalue weighted by molar-refractivity contribution is 5.81. The maximum absolute atomic E-state index is 11.5. The Labute approximate surface area is 95.4 Å². The molecule has 4 nitrogen and oxygen atoms in total. The van der Waals surface area contributed by atoms with Gasteiger partial charge >= 0.3 is 0 Å². The van der Waals surface area contributed by atoms with Crippen molar-refractivity contribution in [2.24, 2.45) is 11.3 Å². The Morgan fingerprint density at radius 1 is 1.56 bits per heavy atom. The van der Waals surface area contributed by atoms with E-state index in [0.29, 0.717) is 17.2 Å². The molecule has 1 aliphatic carbocycles. The lowest BCUT2D eigenvalue weighted by molar-refractivity contribution is -0.121. The van der Waals surface area contributed by atoms with Gasteiger partial charge in [-0.15, -0.1) is 0 Å². The van der Waals surface area contributed by atoms with Crippen LogP contribution in [0, 0.1) is 11.3 Å². The topological polar surface area (TPSA) is 56.0 Å². The van der Waals surface area contributed by atoms with Crippen molar-refractivity contribution in [1.82, 2.24) is 10.1 Å². The lowest BCUT2D eigenvalue weighted by atomic mass is 10.1. The molecular formula is C12H18N2O2. The first-order valence-corrected chi connectivity index (χ1v) is 5.75. The average molecular weight is 222 g/mol. The predicted octanol–water partition coefficient (Wildman–Crippen LogP) is 2.35. The first kappa shape index (κ1) is 11.3. The zero-order valence-corrected chi connectivity index (χ0v) is 10.3. The van der Waals surface area contributed by atoms with Crippen molar-refractivity contribution >= 4 is 5.78 Å². The van der Waals surface area contributed by atoms with Crippen LogP contribution < -0.4 is 0 Å². The summed E-state index contributed by atoms with van der Waals surface area (Å²) < 4.78 is 5.10. The summed E-state index contributed by atoms with van der Waals surface area (Å²) in [5.74, 6) is 1.78. The lowest BCUT2D eigenvalue weighted by Crippen LogP contribution is -2.10. The van der Waals surface area contributed by atoms with Crippen molar-refractivity contribution in [2.75, 3.05) is 0 Å². The third-order valence-corrected chi connectivity index (χ3v) is 3.28. The van der Waals surface area contributed by atoms with E-state index >= 15 is 0 Å². The molecule has 1 unspecified atom stereocenters. The van der Waals surface area contributed by atoms with E-state index in [4.69, 9.17) is 4.52 Å². The van der Waals surface area contributed by atoms with E-state index < -0.39 is 0 Å². The zero-order chi connectivity index (χ0) is 11.9. The second-order valence-corrected chi connectivity index (χ2v) is 5.59. The number of hydrogen-bond acceptors (Lipinski definition) is 4. The molecule has 2 rings (SSSR count). The Morgan fingerprint density at radius 2 is 2.19 bits per heavy atom. The number of rotatable bonds is 4. The van der Waals surface area contributed by atoms with Crippen molar-refractivity contribution < 1.29 is 9.32 Å². The molecule has 1 heterocycles. The minimum Gasteiger partial charge on any atom is -0.339 e. The van der Waals surface area contributed by atoms with Gasteiger partial charge < -0.3 is 4.52 Å². The summed E-state index contributed by atoms with van der Waals surface area (Å²) >= 11 is 0. The molecule has 1 aromatic heterocycles. The van der Waals surface area contributed by atoms with Gasteiger partial charge in [-0.25, -0.2) is 0 Å². The maximum Gasteiger partial charge on any atom is 0.234 e. The summed E-state index contributed by atoms with van der Waals surface area (Å²) in [4.78, 5) is 15.8. The first-order valence-electron chi connectivity index (χ1n) is 5.75. The van der Waals surface area contributed by atoms with Gasteiger partial charge in [-0.05, 0) is 11.8 Å². The fraction of sp³-hybridized carbons (Fsp3) is 0.750. The Bertz CT molecular complexity index is 407. The molecule has 0 radical (unpaired) electrons. The lowest BCUT2D eigenvalue weighted by Gasteiger charge is -1.98. The molecule has 1 aliphatic rings. The molecule has 88 valence electrons. The molecule has 0 aromatic carbocycles. The van der Waals surface area contributed by atoms with E-state index in [9.17, 15) is 4.79 Å². The van der Waals surface area contributed by atoms with E-state index in [1.54, 1.807) is 0 Å². The highest BCUT2D eigenvalue weighted by Gasteiger charge is 2.49. The van der Waals surface area contributed by atoms with Gasteiger partial charge in [0, 0.05) is 11.8 Å². The predicted molar refractivity (Wildman–Crippen MR) is 59.0 cm³/mol. The van der Waals surface area contributed by atoms with Crippen molar-refractivity contribution in [3.63, 3.8) is 0 Å². The van der Waals surface area contributed by atoms with Crippen LogP contribution >= 0.6 is 0 Å². The SMILES string of the molecule is CC(C)C(=O)Cc1nc(C2CC2(C)C)no1. The molecular weight excluding hydrogens is 204 g/mol. The summed E-state index contributed by atoms with van der Waals surface area (Å²) in [6.45, 7) is 8.13. The van der Waals surface area contributed by atoms with Gasteiger partial charge in [-0.2, -0.15) is 4.98 Å². The minimum absolute atomic E-state index is 0.0210. The van der Waals surface area contributed by atoms with Gasteiger partial charge in [0.1, 0.15) is 5.78 Å². The first-order chi connectivity index (χ1) is 7.40. The Morgan fingerprint density at radius 3 is 2.69 bits per heavy atom. The number of aromatic nitrogens is 2. The van der Waals surface area contributed by atoms with Crippen molar-refractivity contribution in [2.45, 2.75) is 46.5 Å². The van der Waals surface area contributed by atoms with Crippen molar-refractivity contribution in [1.29, 1.82) is 0 Å². The number of nitrogens with zero attached hydrogens (tertiary/aromatic N) is 2. The van der Waals surface area contributed by atoms with Crippen LogP contribution in [0.3, 0.4) is 0 Å². The molecule has 1 aromatic rings. The number of ketones is 1. The van der Waals surface area contributed by atoms with E-state index in [1.807, 2.05) is 13.8 Å². The van der Waals surface area contributed by atoms with Gasteiger partial charge in [0.2, 0.25) is 5.89 Å². The van der Waals surface area contributed by atoms with Crippen LogP contribution in [0.1, 0.15) is 51.7 Å². The van der Waals surface area contributed by atoms with E-state index in [-0.39, 0.29) is 18.1 Å². The van der Waals surface area contributed by atoms with Crippen LogP contribution in [-0.4, -0.2) is 15.9 Å². The number of hydrogen-bond donors (Lipinski definition) is 0. The summed E-state index contributed by atoms with van der Waals surface area (Å²) in [5, 5.41) is 3.95. The van der Waals surface area contributed by atoms with Gasteiger partial charge in [0.15, 0.2) is 5.82 Å². The molecule has 1 fully saturated rings. The second kappa shape index (κ2) is 3.68. The summed E-state index contributed by atoms with van der Waals surface area (Å²) in [6.07, 6.45) is 1.36. The van der Waals surface area contributed by atoms with Crippen LogP contribution in [0.2, 0.25) is 0 Å². The van der Waals surface area contributed by atoms with Crippen LogP contribution in [0.4, 0.5) is 0 Å². The largest absolute Gasteiger partial charge is 0.339 e. The van der Waals surface area contributed by atoms with Crippen molar-refractivity contribution in [3.8, 4) is 0 Å². The minimum atomic E-state index is 0.0210. The van der Waals surface area contributed by atoms with Crippen LogP contribution in [-0.2, 0) is 11.2 Å².